The maximum Gasteiger partial charge on any atom is 0.256 e. The number of benzene rings is 2. The van der Waals surface area contributed by atoms with Crippen molar-refractivity contribution in [3.05, 3.63) is 77.1 Å². The molecule has 9 heteroatoms. The Kier molecular flexibility index (Phi) is 6.57. The highest BCUT2D eigenvalue weighted by atomic mass is 35.5. The minimum absolute atomic E-state index is 0.135. The number of thioether (sulfide) groups is 1. The Bertz CT molecular complexity index is 1000. The van der Waals surface area contributed by atoms with Crippen LogP contribution in [0.15, 0.2) is 65.7 Å². The number of carbonyl (C=O) groups is 2. The largest absolute Gasteiger partial charge is 0.325 e. The molecule has 0 fully saturated rings. The lowest BCUT2D eigenvalue weighted by Gasteiger charge is -2.06. The van der Waals surface area contributed by atoms with Gasteiger partial charge in [-0.1, -0.05) is 35.5 Å². The van der Waals surface area contributed by atoms with Crippen LogP contribution in [-0.2, 0) is 4.79 Å². The quantitative estimate of drug-likeness (QED) is 0.587. The molecule has 2 N–H and O–H groups in total. The lowest BCUT2D eigenvalue weighted by molar-refractivity contribution is -0.113. The van der Waals surface area contributed by atoms with Crippen molar-refractivity contribution in [2.24, 2.45) is 0 Å². The van der Waals surface area contributed by atoms with E-state index < -0.39 is 11.7 Å². The van der Waals surface area contributed by atoms with E-state index in [0.717, 1.165) is 6.07 Å². The predicted octanol–water partition coefficient (Wildman–Crippen LogP) is 4.25. The van der Waals surface area contributed by atoms with Gasteiger partial charge in [0.15, 0.2) is 5.82 Å². The minimum atomic E-state index is -0.499. The first-order valence-electron chi connectivity index (χ1n) is 8.08. The molecule has 6 nitrogen and oxygen atoms in total. The third-order valence-corrected chi connectivity index (χ3v) is 4.58. The fourth-order valence-corrected chi connectivity index (χ4v) is 2.99. The second-order valence-electron chi connectivity index (χ2n) is 5.57. The predicted molar refractivity (Wildman–Crippen MR) is 107 cm³/mol. The number of halogens is 2. The van der Waals surface area contributed by atoms with Crippen molar-refractivity contribution < 1.29 is 14.0 Å². The zero-order chi connectivity index (χ0) is 19.9. The average Bonchev–Trinajstić information content (AvgIpc) is 2.67. The maximum atomic E-state index is 13.2. The minimum Gasteiger partial charge on any atom is -0.325 e. The van der Waals surface area contributed by atoms with Gasteiger partial charge in [-0.05, 0) is 48.5 Å². The number of carbonyl (C=O) groups excluding carboxylic acids is 2. The van der Waals surface area contributed by atoms with Gasteiger partial charge in [0.2, 0.25) is 5.91 Å². The molecule has 0 bridgehead atoms. The van der Waals surface area contributed by atoms with Crippen LogP contribution in [-0.4, -0.2) is 27.8 Å². The summed E-state index contributed by atoms with van der Waals surface area (Å²) in [4.78, 5) is 24.0. The van der Waals surface area contributed by atoms with E-state index in [1.807, 2.05) is 0 Å². The van der Waals surface area contributed by atoms with E-state index in [4.69, 9.17) is 11.6 Å². The van der Waals surface area contributed by atoms with Gasteiger partial charge in [-0.25, -0.2) is 4.39 Å². The van der Waals surface area contributed by atoms with E-state index >= 15 is 0 Å². The van der Waals surface area contributed by atoms with Gasteiger partial charge >= 0.3 is 0 Å². The molecular weight excluding hydrogens is 403 g/mol. The summed E-state index contributed by atoms with van der Waals surface area (Å²) in [6, 6.07) is 15.4. The first-order chi connectivity index (χ1) is 13.5. The summed E-state index contributed by atoms with van der Waals surface area (Å²) >= 11 is 7.07. The van der Waals surface area contributed by atoms with E-state index in [9.17, 15) is 14.0 Å². The Morgan fingerprint density at radius 3 is 2.54 bits per heavy atom. The van der Waals surface area contributed by atoms with Crippen LogP contribution in [0.3, 0.4) is 0 Å². The zero-order valence-corrected chi connectivity index (χ0v) is 15.9. The molecule has 2 aromatic carbocycles. The summed E-state index contributed by atoms with van der Waals surface area (Å²) in [6.45, 7) is 0. The Morgan fingerprint density at radius 1 is 1.00 bits per heavy atom. The summed E-state index contributed by atoms with van der Waals surface area (Å²) in [5.41, 5.74) is 0.789. The summed E-state index contributed by atoms with van der Waals surface area (Å²) in [6.07, 6.45) is 0. The van der Waals surface area contributed by atoms with Crippen LogP contribution in [0.2, 0.25) is 5.02 Å². The number of aromatic nitrogens is 2. The number of rotatable bonds is 6. The molecule has 0 aliphatic carbocycles. The number of anilines is 2. The van der Waals surface area contributed by atoms with Crippen LogP contribution in [0.4, 0.5) is 15.9 Å². The smallest absolute Gasteiger partial charge is 0.256 e. The number of hydrogen-bond acceptors (Lipinski definition) is 5. The van der Waals surface area contributed by atoms with Gasteiger partial charge in [-0.15, -0.1) is 10.2 Å². The molecule has 142 valence electrons. The van der Waals surface area contributed by atoms with Gasteiger partial charge in [0.05, 0.1) is 5.75 Å². The van der Waals surface area contributed by atoms with Crippen molar-refractivity contribution in [3.8, 4) is 0 Å². The third-order valence-electron chi connectivity index (χ3n) is 3.43. The Labute approximate surface area is 169 Å². The first-order valence-corrected chi connectivity index (χ1v) is 9.45. The highest BCUT2D eigenvalue weighted by molar-refractivity contribution is 7.99. The second-order valence-corrected chi connectivity index (χ2v) is 7.00. The monoisotopic (exact) mass is 416 g/mol. The normalized spacial score (nSPS) is 10.4. The molecule has 0 spiro atoms. The fraction of sp³-hybridized carbons (Fsp3) is 0.0526. The van der Waals surface area contributed by atoms with E-state index in [1.165, 1.54) is 30.0 Å². The molecule has 1 heterocycles. The molecule has 0 atom stereocenters. The van der Waals surface area contributed by atoms with Crippen LogP contribution in [0.25, 0.3) is 0 Å². The van der Waals surface area contributed by atoms with Crippen molar-refractivity contribution in [3.63, 3.8) is 0 Å². The molecule has 0 radical (unpaired) electrons. The van der Waals surface area contributed by atoms with Crippen LogP contribution in [0.1, 0.15) is 10.4 Å². The van der Waals surface area contributed by atoms with Crippen LogP contribution in [0.5, 0.6) is 0 Å². The van der Waals surface area contributed by atoms with Crippen molar-refractivity contribution in [1.82, 2.24) is 10.2 Å². The van der Waals surface area contributed by atoms with Gasteiger partial charge < -0.3 is 10.6 Å². The molecule has 3 aromatic rings. The van der Waals surface area contributed by atoms with E-state index in [-0.39, 0.29) is 23.0 Å². The fourth-order valence-electron chi connectivity index (χ4n) is 2.18. The molecule has 0 saturated heterocycles. The van der Waals surface area contributed by atoms with Crippen molar-refractivity contribution >= 4 is 46.7 Å². The van der Waals surface area contributed by atoms with Crippen LogP contribution in [0, 0.1) is 5.82 Å². The molecule has 0 aliphatic rings. The Balaban J connectivity index is 1.51. The van der Waals surface area contributed by atoms with Gasteiger partial charge in [0.1, 0.15) is 10.8 Å². The van der Waals surface area contributed by atoms with Gasteiger partial charge in [-0.2, -0.15) is 0 Å². The Hall–Kier alpha value is -2.97. The first kappa shape index (κ1) is 19.8. The van der Waals surface area contributed by atoms with E-state index in [0.29, 0.717) is 15.7 Å². The molecule has 0 aliphatic heterocycles. The van der Waals surface area contributed by atoms with Crippen molar-refractivity contribution in [2.75, 3.05) is 16.4 Å². The summed E-state index contributed by atoms with van der Waals surface area (Å²) < 4.78 is 13.2. The number of nitrogens with one attached hydrogen (secondary N) is 2. The third kappa shape index (κ3) is 5.77. The lowest BCUT2D eigenvalue weighted by atomic mass is 10.2. The summed E-state index contributed by atoms with van der Waals surface area (Å²) in [5, 5.41) is 14.2. The molecule has 28 heavy (non-hydrogen) atoms. The average molecular weight is 417 g/mol. The van der Waals surface area contributed by atoms with E-state index in [2.05, 4.69) is 20.8 Å². The second kappa shape index (κ2) is 9.29. The zero-order valence-electron chi connectivity index (χ0n) is 14.4. The highest BCUT2D eigenvalue weighted by Gasteiger charge is 2.09. The van der Waals surface area contributed by atoms with E-state index in [1.54, 1.807) is 36.4 Å². The molecule has 3 rings (SSSR count). The van der Waals surface area contributed by atoms with Gasteiger partial charge in [0, 0.05) is 16.3 Å². The van der Waals surface area contributed by atoms with Crippen molar-refractivity contribution in [1.29, 1.82) is 0 Å². The Morgan fingerprint density at radius 2 is 1.82 bits per heavy atom. The molecule has 1 aromatic heterocycles. The standard InChI is InChI=1S/C19H14ClFN4O2S/c20-13-4-2-6-15(10-13)22-17(26)11-28-18-8-7-16(24-25-18)23-19(27)12-3-1-5-14(21)9-12/h1-10H,11H2,(H,22,26)(H,23,24,27). The number of amides is 2. The van der Waals surface area contributed by atoms with Gasteiger partial charge in [0.25, 0.3) is 5.91 Å². The molecule has 0 saturated carbocycles. The van der Waals surface area contributed by atoms with Gasteiger partial charge in [-0.3, -0.25) is 9.59 Å². The summed E-state index contributed by atoms with van der Waals surface area (Å²) in [5.74, 6) is -0.841. The number of hydrogen-bond donors (Lipinski definition) is 2. The summed E-state index contributed by atoms with van der Waals surface area (Å²) in [7, 11) is 0. The molecule has 2 amide bonds. The lowest BCUT2D eigenvalue weighted by Crippen LogP contribution is -2.14. The SMILES string of the molecule is O=C(CSc1ccc(NC(=O)c2cccc(F)c2)nn1)Nc1cccc(Cl)c1. The van der Waals surface area contributed by atoms with Crippen LogP contribution < -0.4 is 10.6 Å². The van der Waals surface area contributed by atoms with Crippen LogP contribution >= 0.6 is 23.4 Å². The van der Waals surface area contributed by atoms with Crippen molar-refractivity contribution in [2.45, 2.75) is 5.03 Å². The molecular formula is C19H14ClFN4O2S. The number of nitrogens with zero attached hydrogens (tertiary/aromatic N) is 2. The topological polar surface area (TPSA) is 84.0 Å². The molecule has 0 unspecified atom stereocenters. The highest BCUT2D eigenvalue weighted by Crippen LogP contribution is 2.18. The maximum absolute atomic E-state index is 13.2.